The zero-order valence-electron chi connectivity index (χ0n) is 16.9. The van der Waals surface area contributed by atoms with E-state index in [0.29, 0.717) is 42.2 Å². The van der Waals surface area contributed by atoms with Gasteiger partial charge in [0.1, 0.15) is 27.2 Å². The monoisotopic (exact) mass is 542 g/mol. The maximum absolute atomic E-state index is 13.1. The second kappa shape index (κ2) is 8.87. The first-order valence-corrected chi connectivity index (χ1v) is 12.9. The van der Waals surface area contributed by atoms with Crippen LogP contribution in [0.25, 0.3) is 32.6 Å². The first-order chi connectivity index (χ1) is 16.4. The third-order valence-electron chi connectivity index (χ3n) is 4.96. The van der Waals surface area contributed by atoms with E-state index in [1.807, 2.05) is 16.8 Å². The fourth-order valence-electron chi connectivity index (χ4n) is 3.45. The fraction of sp³-hybridized carbons (Fsp3) is 0. The number of rotatable bonds is 4. The molecule has 1 aromatic carbocycles. The zero-order chi connectivity index (χ0) is 24.0. The molecule has 12 heteroatoms. The molecule has 34 heavy (non-hydrogen) atoms. The molecule has 1 amide bonds. The number of carbonyl (C=O) groups excluding carboxylic acids is 1. The van der Waals surface area contributed by atoms with Crippen molar-refractivity contribution in [3.8, 4) is 28.5 Å². The van der Waals surface area contributed by atoms with Gasteiger partial charge in [0.15, 0.2) is 5.13 Å². The largest absolute Gasteiger partial charge is 0.397 e. The van der Waals surface area contributed by atoms with Crippen LogP contribution >= 0.6 is 57.2 Å². The maximum atomic E-state index is 13.1. The Labute approximate surface area is 215 Å². The molecule has 5 rings (SSSR count). The van der Waals surface area contributed by atoms with E-state index in [-0.39, 0.29) is 21.9 Å². The van der Waals surface area contributed by atoms with E-state index in [9.17, 15) is 10.1 Å². The predicted molar refractivity (Wildman–Crippen MR) is 142 cm³/mol. The molecule has 0 bridgehead atoms. The molecular formula is C22H12Cl2N6OS3. The van der Waals surface area contributed by atoms with Gasteiger partial charge in [-0.05, 0) is 40.6 Å². The van der Waals surface area contributed by atoms with E-state index < -0.39 is 5.91 Å². The summed E-state index contributed by atoms with van der Waals surface area (Å²) < 4.78 is 0. The quantitative estimate of drug-likeness (QED) is 0.230. The molecule has 0 unspecified atom stereocenters. The van der Waals surface area contributed by atoms with Crippen molar-refractivity contribution in [3.05, 3.63) is 60.9 Å². The number of nitrogens with one attached hydrogen (secondary N) is 1. The number of amides is 1. The number of benzene rings is 1. The van der Waals surface area contributed by atoms with Crippen molar-refractivity contribution in [2.45, 2.75) is 0 Å². The van der Waals surface area contributed by atoms with Gasteiger partial charge >= 0.3 is 0 Å². The molecule has 0 saturated carbocycles. The van der Waals surface area contributed by atoms with Gasteiger partial charge in [0.25, 0.3) is 5.91 Å². The van der Waals surface area contributed by atoms with Crippen molar-refractivity contribution in [2.75, 3.05) is 16.8 Å². The number of anilines is 3. The topological polar surface area (TPSA) is 131 Å². The van der Waals surface area contributed by atoms with E-state index in [1.54, 1.807) is 23.6 Å². The Morgan fingerprint density at radius 3 is 2.68 bits per heavy atom. The number of nitrogens with zero attached hydrogens (tertiary/aromatic N) is 3. The number of thiophene rings is 2. The normalized spacial score (nSPS) is 11.0. The van der Waals surface area contributed by atoms with Gasteiger partial charge in [0.05, 0.1) is 16.4 Å². The molecule has 168 valence electrons. The van der Waals surface area contributed by atoms with Gasteiger partial charge in [-0.15, -0.1) is 22.7 Å². The van der Waals surface area contributed by atoms with Crippen molar-refractivity contribution in [3.63, 3.8) is 0 Å². The molecule has 0 radical (unpaired) electrons. The number of carbonyl (C=O) groups is 1. The summed E-state index contributed by atoms with van der Waals surface area (Å²) in [6, 6.07) is 9.10. The number of hydrogen-bond acceptors (Lipinski definition) is 9. The summed E-state index contributed by atoms with van der Waals surface area (Å²) in [5, 5.41) is 19.9. The van der Waals surface area contributed by atoms with E-state index in [1.165, 1.54) is 22.7 Å². The molecule has 0 saturated heterocycles. The average Bonchev–Trinajstić information content (AvgIpc) is 3.54. The standard InChI is InChI=1S/C22H12Cl2N6OS3/c23-10-1-2-11(13(24)5-10)14-8-33-22(28-14)30-20(31)18-17(26)16-15(9-3-4-32-7-9)12(6-25)19(27)29-21(16)34-18/h1-5,7-8H,26H2,(H2,27,29)(H,28,30,31). The molecule has 0 aliphatic carbocycles. The van der Waals surface area contributed by atoms with E-state index in [0.717, 1.165) is 16.9 Å². The van der Waals surface area contributed by atoms with Crippen LogP contribution in [0.4, 0.5) is 16.6 Å². The van der Waals surface area contributed by atoms with Gasteiger partial charge in [0, 0.05) is 26.9 Å². The first kappa shape index (κ1) is 22.6. The molecule has 0 spiro atoms. The van der Waals surface area contributed by atoms with Gasteiger partial charge in [-0.25, -0.2) is 9.97 Å². The zero-order valence-corrected chi connectivity index (χ0v) is 20.9. The highest BCUT2D eigenvalue weighted by Gasteiger charge is 2.25. The van der Waals surface area contributed by atoms with Crippen LogP contribution in [-0.2, 0) is 0 Å². The van der Waals surface area contributed by atoms with Crippen molar-refractivity contribution in [1.82, 2.24) is 9.97 Å². The minimum absolute atomic E-state index is 0.0915. The Kier molecular flexibility index (Phi) is 5.89. The van der Waals surface area contributed by atoms with Crippen LogP contribution in [0.3, 0.4) is 0 Å². The number of halogens is 2. The Balaban J connectivity index is 1.53. The number of aromatic nitrogens is 2. The number of fused-ring (bicyclic) bond motifs is 1. The lowest BCUT2D eigenvalue weighted by molar-refractivity contribution is 0.103. The van der Waals surface area contributed by atoms with E-state index in [4.69, 9.17) is 34.7 Å². The van der Waals surface area contributed by atoms with Crippen LogP contribution in [0.1, 0.15) is 15.2 Å². The van der Waals surface area contributed by atoms with Gasteiger partial charge in [-0.3, -0.25) is 10.1 Å². The van der Waals surface area contributed by atoms with Crippen LogP contribution in [0, 0.1) is 11.3 Å². The summed E-state index contributed by atoms with van der Waals surface area (Å²) in [6.07, 6.45) is 0. The predicted octanol–water partition coefficient (Wildman–Crippen LogP) is 6.74. The molecule has 5 aromatic rings. The lowest BCUT2D eigenvalue weighted by atomic mass is 9.99. The smallest absolute Gasteiger partial charge is 0.269 e. The van der Waals surface area contributed by atoms with Crippen molar-refractivity contribution in [1.29, 1.82) is 5.26 Å². The Bertz CT molecular complexity index is 1620. The number of nitriles is 1. The van der Waals surface area contributed by atoms with E-state index in [2.05, 4.69) is 21.4 Å². The van der Waals surface area contributed by atoms with Crippen LogP contribution in [0.2, 0.25) is 10.0 Å². The SMILES string of the molecule is N#Cc1c(N)nc2sc(C(=O)Nc3nc(-c4ccc(Cl)cc4Cl)cs3)c(N)c2c1-c1ccsc1. The highest BCUT2D eigenvalue weighted by atomic mass is 35.5. The van der Waals surface area contributed by atoms with E-state index >= 15 is 0 Å². The summed E-state index contributed by atoms with van der Waals surface area (Å²) in [6.45, 7) is 0. The van der Waals surface area contributed by atoms with Gasteiger partial charge < -0.3 is 11.5 Å². The molecule has 5 N–H and O–H groups in total. The van der Waals surface area contributed by atoms with Gasteiger partial charge in [0.2, 0.25) is 0 Å². The Morgan fingerprint density at radius 2 is 1.97 bits per heavy atom. The lowest BCUT2D eigenvalue weighted by Crippen LogP contribution is -2.11. The van der Waals surface area contributed by atoms with Gasteiger partial charge in [-0.1, -0.05) is 23.2 Å². The van der Waals surface area contributed by atoms with Crippen LogP contribution in [0.15, 0.2) is 40.4 Å². The molecular weight excluding hydrogens is 531 g/mol. The van der Waals surface area contributed by atoms with Crippen LogP contribution in [0.5, 0.6) is 0 Å². The average molecular weight is 543 g/mol. The second-order valence-corrected chi connectivity index (χ2v) is 10.5. The molecule has 0 aliphatic heterocycles. The summed E-state index contributed by atoms with van der Waals surface area (Å²) in [7, 11) is 0. The number of nitrogens with two attached hydrogens (primary N) is 2. The molecule has 0 aliphatic rings. The molecule has 4 heterocycles. The summed E-state index contributed by atoms with van der Waals surface area (Å²) in [4.78, 5) is 22.7. The minimum Gasteiger partial charge on any atom is -0.397 e. The van der Waals surface area contributed by atoms with Crippen molar-refractivity contribution < 1.29 is 4.79 Å². The third kappa shape index (κ3) is 3.87. The summed E-state index contributed by atoms with van der Waals surface area (Å²) in [5.74, 6) is -0.342. The lowest BCUT2D eigenvalue weighted by Gasteiger charge is -2.07. The number of nitrogen functional groups attached to an aromatic ring is 2. The first-order valence-electron chi connectivity index (χ1n) is 9.53. The highest BCUT2D eigenvalue weighted by Crippen LogP contribution is 2.43. The molecule has 0 fully saturated rings. The number of pyridine rings is 1. The molecule has 0 atom stereocenters. The van der Waals surface area contributed by atoms with Crippen molar-refractivity contribution in [2.24, 2.45) is 0 Å². The number of hydrogen-bond donors (Lipinski definition) is 3. The maximum Gasteiger partial charge on any atom is 0.269 e. The van der Waals surface area contributed by atoms with Crippen LogP contribution < -0.4 is 16.8 Å². The Hall–Kier alpha value is -3.20. The van der Waals surface area contributed by atoms with Crippen molar-refractivity contribution >= 4 is 90.0 Å². The van der Waals surface area contributed by atoms with Gasteiger partial charge in [-0.2, -0.15) is 16.6 Å². The fourth-order valence-corrected chi connectivity index (χ4v) is 6.32. The number of thiazole rings is 1. The second-order valence-electron chi connectivity index (χ2n) is 7.01. The minimum atomic E-state index is -0.433. The molecule has 7 nitrogen and oxygen atoms in total. The summed E-state index contributed by atoms with van der Waals surface area (Å²) >= 11 is 16.1. The highest BCUT2D eigenvalue weighted by molar-refractivity contribution is 7.21. The molecule has 4 aromatic heterocycles. The third-order valence-corrected chi connectivity index (χ3v) is 8.05. The Morgan fingerprint density at radius 1 is 1.15 bits per heavy atom. The van der Waals surface area contributed by atoms with Crippen LogP contribution in [-0.4, -0.2) is 15.9 Å². The summed E-state index contributed by atoms with van der Waals surface area (Å²) in [5.41, 5.74) is 15.6.